The molecule has 0 aliphatic heterocycles. The lowest BCUT2D eigenvalue weighted by molar-refractivity contribution is 0.585. The maximum atomic E-state index is 13.8. The third-order valence-corrected chi connectivity index (χ3v) is 3.04. The fourth-order valence-corrected chi connectivity index (χ4v) is 2.14. The van der Waals surface area contributed by atoms with Gasteiger partial charge in [-0.3, -0.25) is 0 Å². The van der Waals surface area contributed by atoms with Gasteiger partial charge in [-0.05, 0) is 18.6 Å². The fraction of sp³-hybridized carbons (Fsp3) is 0.357. The molecule has 0 aliphatic carbocycles. The highest BCUT2D eigenvalue weighted by molar-refractivity contribution is 5.71. The van der Waals surface area contributed by atoms with Crippen LogP contribution in [-0.2, 0) is 13.0 Å². The molecule has 1 aromatic heterocycles. The van der Waals surface area contributed by atoms with Crippen molar-refractivity contribution in [2.75, 3.05) is 5.73 Å². The second-order valence-corrected chi connectivity index (χ2v) is 4.39. The summed E-state index contributed by atoms with van der Waals surface area (Å²) in [5.41, 5.74) is 6.68. The van der Waals surface area contributed by atoms with E-state index >= 15 is 0 Å². The van der Waals surface area contributed by atoms with Crippen molar-refractivity contribution in [2.24, 2.45) is 0 Å². The Kier molecular flexibility index (Phi) is 3.83. The summed E-state index contributed by atoms with van der Waals surface area (Å²) in [5, 5.41) is 0. The van der Waals surface area contributed by atoms with Gasteiger partial charge in [-0.1, -0.05) is 13.8 Å². The monoisotopic (exact) mass is 265 g/mol. The highest BCUT2D eigenvalue weighted by atomic mass is 19.1. The van der Waals surface area contributed by atoms with Crippen LogP contribution in [0.1, 0.15) is 26.1 Å². The van der Waals surface area contributed by atoms with Crippen LogP contribution in [0, 0.1) is 11.6 Å². The molecule has 5 heteroatoms. The molecule has 2 rings (SSSR count). The number of nitrogens with zero attached hydrogens (tertiary/aromatic N) is 2. The third-order valence-electron chi connectivity index (χ3n) is 3.04. The summed E-state index contributed by atoms with van der Waals surface area (Å²) in [4.78, 5) is 4.38. The minimum Gasteiger partial charge on any atom is -0.383 e. The van der Waals surface area contributed by atoms with Crippen LogP contribution in [0.15, 0.2) is 18.2 Å². The second kappa shape index (κ2) is 5.38. The summed E-state index contributed by atoms with van der Waals surface area (Å²) in [6.45, 7) is 4.75. The van der Waals surface area contributed by atoms with Crippen molar-refractivity contribution in [3.05, 3.63) is 35.7 Å². The number of nitrogens with two attached hydrogens (primary N) is 1. The number of benzene rings is 1. The van der Waals surface area contributed by atoms with Gasteiger partial charge in [-0.25, -0.2) is 13.8 Å². The van der Waals surface area contributed by atoms with Crippen LogP contribution in [-0.4, -0.2) is 9.55 Å². The summed E-state index contributed by atoms with van der Waals surface area (Å²) in [5.74, 6) is 0.00121. The van der Waals surface area contributed by atoms with E-state index in [-0.39, 0.29) is 5.56 Å². The molecule has 0 amide bonds. The first-order chi connectivity index (χ1) is 9.08. The van der Waals surface area contributed by atoms with Crippen molar-refractivity contribution >= 4 is 5.82 Å². The van der Waals surface area contributed by atoms with Crippen LogP contribution < -0.4 is 5.73 Å². The van der Waals surface area contributed by atoms with Gasteiger partial charge in [0.1, 0.15) is 29.0 Å². The van der Waals surface area contributed by atoms with Crippen LogP contribution in [0.5, 0.6) is 0 Å². The van der Waals surface area contributed by atoms with E-state index in [0.717, 1.165) is 24.9 Å². The molecule has 0 fully saturated rings. The molecule has 102 valence electrons. The van der Waals surface area contributed by atoms with Crippen molar-refractivity contribution in [2.45, 2.75) is 33.2 Å². The number of anilines is 1. The maximum absolute atomic E-state index is 13.8. The molecule has 0 saturated carbocycles. The molecule has 3 nitrogen and oxygen atoms in total. The maximum Gasteiger partial charge on any atom is 0.135 e. The Morgan fingerprint density at radius 2 is 2.00 bits per heavy atom. The van der Waals surface area contributed by atoms with Gasteiger partial charge in [-0.15, -0.1) is 0 Å². The zero-order valence-electron chi connectivity index (χ0n) is 11.1. The quantitative estimate of drug-likeness (QED) is 0.921. The zero-order chi connectivity index (χ0) is 14.0. The van der Waals surface area contributed by atoms with Crippen molar-refractivity contribution in [3.63, 3.8) is 0 Å². The summed E-state index contributed by atoms with van der Waals surface area (Å²) in [6.07, 6.45) is 1.63. The molecular formula is C14H17F2N3. The highest BCUT2D eigenvalue weighted by Crippen LogP contribution is 2.29. The normalized spacial score (nSPS) is 10.9. The first-order valence-electron chi connectivity index (χ1n) is 6.38. The average Bonchev–Trinajstić information content (AvgIpc) is 2.68. The number of nitrogen functional groups attached to an aromatic ring is 1. The zero-order valence-corrected chi connectivity index (χ0v) is 11.1. The van der Waals surface area contributed by atoms with Crippen molar-refractivity contribution < 1.29 is 8.78 Å². The topological polar surface area (TPSA) is 43.8 Å². The molecule has 0 bridgehead atoms. The van der Waals surface area contributed by atoms with Gasteiger partial charge in [0, 0.05) is 24.6 Å². The van der Waals surface area contributed by atoms with Gasteiger partial charge in [0.05, 0.1) is 0 Å². The van der Waals surface area contributed by atoms with E-state index in [1.807, 2.05) is 18.4 Å². The molecule has 0 radical (unpaired) electrons. The summed E-state index contributed by atoms with van der Waals surface area (Å²) < 4.78 is 28.6. The van der Waals surface area contributed by atoms with Crippen LogP contribution in [0.4, 0.5) is 14.6 Å². The van der Waals surface area contributed by atoms with Gasteiger partial charge in [-0.2, -0.15) is 0 Å². The number of hydrogen-bond donors (Lipinski definition) is 1. The lowest BCUT2D eigenvalue weighted by Gasteiger charge is -2.07. The van der Waals surface area contributed by atoms with Gasteiger partial charge in [0.15, 0.2) is 0 Å². The van der Waals surface area contributed by atoms with Crippen LogP contribution in [0.25, 0.3) is 11.3 Å². The van der Waals surface area contributed by atoms with E-state index < -0.39 is 11.6 Å². The predicted molar refractivity (Wildman–Crippen MR) is 71.7 cm³/mol. The van der Waals surface area contributed by atoms with Crippen molar-refractivity contribution in [1.29, 1.82) is 0 Å². The minimum atomic E-state index is -0.643. The Labute approximate surface area is 111 Å². The van der Waals surface area contributed by atoms with Crippen molar-refractivity contribution in [1.82, 2.24) is 9.55 Å². The fourth-order valence-electron chi connectivity index (χ4n) is 2.14. The summed E-state index contributed by atoms with van der Waals surface area (Å²) in [7, 11) is 0. The lowest BCUT2D eigenvalue weighted by atomic mass is 10.1. The first-order valence-corrected chi connectivity index (χ1v) is 6.38. The Morgan fingerprint density at radius 1 is 1.26 bits per heavy atom. The third kappa shape index (κ3) is 2.45. The van der Waals surface area contributed by atoms with E-state index in [1.54, 1.807) is 0 Å². The minimum absolute atomic E-state index is 0.239. The predicted octanol–water partition coefficient (Wildman–Crippen LogP) is 3.38. The number of aromatic nitrogens is 2. The number of halogens is 2. The van der Waals surface area contributed by atoms with Gasteiger partial charge in [0.2, 0.25) is 0 Å². The SMILES string of the molecule is CCCn1c(CC)nc(-c2ccc(F)cc2F)c1N. The number of rotatable bonds is 4. The molecule has 0 aliphatic rings. The summed E-state index contributed by atoms with van der Waals surface area (Å²) >= 11 is 0. The largest absolute Gasteiger partial charge is 0.383 e. The van der Waals surface area contributed by atoms with E-state index in [2.05, 4.69) is 4.98 Å². The van der Waals surface area contributed by atoms with Gasteiger partial charge in [0.25, 0.3) is 0 Å². The van der Waals surface area contributed by atoms with E-state index in [1.165, 1.54) is 12.1 Å². The molecule has 2 N–H and O–H groups in total. The smallest absolute Gasteiger partial charge is 0.135 e. The molecular weight excluding hydrogens is 248 g/mol. The Hall–Kier alpha value is -1.91. The molecule has 0 saturated heterocycles. The highest BCUT2D eigenvalue weighted by Gasteiger charge is 2.17. The van der Waals surface area contributed by atoms with Crippen LogP contribution >= 0.6 is 0 Å². The van der Waals surface area contributed by atoms with E-state index in [9.17, 15) is 8.78 Å². The molecule has 1 aromatic carbocycles. The molecule has 0 spiro atoms. The van der Waals surface area contributed by atoms with Crippen molar-refractivity contribution in [3.8, 4) is 11.3 Å². The van der Waals surface area contributed by atoms with Gasteiger partial charge >= 0.3 is 0 Å². The Morgan fingerprint density at radius 3 is 2.58 bits per heavy atom. The number of hydrogen-bond acceptors (Lipinski definition) is 2. The molecule has 0 unspecified atom stereocenters. The lowest BCUT2D eigenvalue weighted by Crippen LogP contribution is -2.06. The molecule has 0 atom stereocenters. The summed E-state index contributed by atoms with van der Waals surface area (Å²) in [6, 6.07) is 3.43. The molecule has 19 heavy (non-hydrogen) atoms. The van der Waals surface area contributed by atoms with Crippen LogP contribution in [0.2, 0.25) is 0 Å². The average molecular weight is 265 g/mol. The first kappa shape index (κ1) is 13.5. The Balaban J connectivity index is 2.56. The number of imidazole rings is 1. The van der Waals surface area contributed by atoms with E-state index in [0.29, 0.717) is 17.9 Å². The van der Waals surface area contributed by atoms with Gasteiger partial charge < -0.3 is 10.3 Å². The van der Waals surface area contributed by atoms with Crippen LogP contribution in [0.3, 0.4) is 0 Å². The standard InChI is InChI=1S/C14H17F2N3/c1-3-7-19-12(4-2)18-13(14(19)17)10-6-5-9(15)8-11(10)16/h5-6,8H,3-4,7,17H2,1-2H3. The van der Waals surface area contributed by atoms with E-state index in [4.69, 9.17) is 5.73 Å². The number of aryl methyl sites for hydroxylation is 1. The second-order valence-electron chi connectivity index (χ2n) is 4.39. The Bertz CT molecular complexity index is 591. The molecule has 1 heterocycles. The molecule has 2 aromatic rings.